The summed E-state index contributed by atoms with van der Waals surface area (Å²) in [5.41, 5.74) is 11.8. The Morgan fingerprint density at radius 1 is 0.703 bits per heavy atom. The molecule has 1 aliphatic heterocycles. The maximum Gasteiger partial charge on any atom is -1.00 e. The van der Waals surface area contributed by atoms with Crippen LogP contribution in [0, 0.1) is 0 Å². The molecule has 0 aromatic heterocycles. The molecular formula is C33H27Cl2PTi. The first-order valence-corrected chi connectivity index (χ1v) is 16.0. The molecule has 3 aliphatic rings. The Labute approximate surface area is 242 Å². The van der Waals surface area contributed by atoms with Crippen molar-refractivity contribution in [2.24, 2.45) is 0 Å². The van der Waals surface area contributed by atoms with E-state index in [0.29, 0.717) is 8.45 Å². The van der Waals surface area contributed by atoms with Gasteiger partial charge in [-0.1, -0.05) is 0 Å². The minimum absolute atomic E-state index is 0. The van der Waals surface area contributed by atoms with Crippen LogP contribution >= 0.6 is 7.92 Å². The minimum Gasteiger partial charge on any atom is -1.00 e. The van der Waals surface area contributed by atoms with Crippen molar-refractivity contribution in [2.45, 2.75) is 21.8 Å². The molecule has 0 radical (unpaired) electrons. The zero-order chi connectivity index (χ0) is 23.4. The fourth-order valence-corrected chi connectivity index (χ4v) is 12.5. The monoisotopic (exact) mass is 572 g/mol. The molecule has 3 unspecified atom stereocenters. The van der Waals surface area contributed by atoms with Gasteiger partial charge < -0.3 is 24.8 Å². The summed E-state index contributed by atoms with van der Waals surface area (Å²) < 4.78 is 1.22. The van der Waals surface area contributed by atoms with Gasteiger partial charge in [-0.2, -0.15) is 0 Å². The summed E-state index contributed by atoms with van der Waals surface area (Å²) in [6.07, 6.45) is 10.1. The molecule has 4 heteroatoms. The van der Waals surface area contributed by atoms with E-state index in [1.165, 1.54) is 46.0 Å². The Kier molecular flexibility index (Phi) is 7.97. The van der Waals surface area contributed by atoms with Crippen LogP contribution in [0.4, 0.5) is 0 Å². The van der Waals surface area contributed by atoms with E-state index in [1.807, 2.05) is 0 Å². The van der Waals surface area contributed by atoms with Crippen molar-refractivity contribution in [3.63, 3.8) is 0 Å². The van der Waals surface area contributed by atoms with Gasteiger partial charge >= 0.3 is 219 Å². The van der Waals surface area contributed by atoms with Crippen molar-refractivity contribution in [3.8, 4) is 22.3 Å². The van der Waals surface area contributed by atoms with E-state index >= 15 is 0 Å². The molecule has 0 nitrogen and oxygen atoms in total. The zero-order valence-electron chi connectivity index (χ0n) is 20.7. The van der Waals surface area contributed by atoms with Crippen LogP contribution in [0.15, 0.2) is 102 Å². The van der Waals surface area contributed by atoms with Crippen molar-refractivity contribution in [1.82, 2.24) is 0 Å². The normalized spacial score (nSPS) is 19.5. The van der Waals surface area contributed by atoms with Crippen LogP contribution in [0.3, 0.4) is 0 Å². The van der Waals surface area contributed by atoms with E-state index in [2.05, 4.69) is 116 Å². The van der Waals surface area contributed by atoms with Crippen LogP contribution < -0.4 is 30.1 Å². The van der Waals surface area contributed by atoms with E-state index in [-0.39, 0.29) is 51.9 Å². The van der Waals surface area contributed by atoms with Crippen LogP contribution in [-0.4, -0.2) is 6.16 Å². The van der Waals surface area contributed by atoms with Crippen LogP contribution in [0.1, 0.15) is 44.0 Å². The Hall–Kier alpha value is -1.92. The summed E-state index contributed by atoms with van der Waals surface area (Å²) in [5, 5.41) is 3.37. The third-order valence-electron chi connectivity index (χ3n) is 7.64. The maximum atomic E-state index is 2.63. The van der Waals surface area contributed by atoms with Gasteiger partial charge in [-0.3, -0.25) is 0 Å². The molecule has 0 spiro atoms. The van der Waals surface area contributed by atoms with Crippen LogP contribution in [0.25, 0.3) is 34.4 Å². The summed E-state index contributed by atoms with van der Waals surface area (Å²) >= 11 is -0.313. The van der Waals surface area contributed by atoms with Gasteiger partial charge in [0.25, 0.3) is 0 Å². The number of hydrogen-bond donors (Lipinski definition) is 0. The van der Waals surface area contributed by atoms with Gasteiger partial charge in [0.15, 0.2) is 0 Å². The van der Waals surface area contributed by atoms with Gasteiger partial charge in [-0.05, 0) is 0 Å². The second-order valence-electron chi connectivity index (χ2n) is 9.66. The number of halogens is 2. The van der Waals surface area contributed by atoms with E-state index in [9.17, 15) is 0 Å². The number of fused-ring (bicyclic) bond motifs is 3. The Bertz CT molecular complexity index is 1510. The molecule has 37 heavy (non-hydrogen) atoms. The number of benzene rings is 4. The van der Waals surface area contributed by atoms with Crippen LogP contribution in [0.5, 0.6) is 0 Å². The predicted octanol–water partition coefficient (Wildman–Crippen LogP) is 2.81. The molecule has 0 fully saturated rings. The van der Waals surface area contributed by atoms with Gasteiger partial charge in [0, 0.05) is 0 Å². The molecule has 4 aromatic carbocycles. The van der Waals surface area contributed by atoms with E-state index in [4.69, 9.17) is 0 Å². The van der Waals surface area contributed by atoms with Crippen molar-refractivity contribution in [3.05, 3.63) is 125 Å². The molecule has 7 rings (SSSR count). The third-order valence-corrected chi connectivity index (χ3v) is 13.7. The molecule has 1 heterocycles. The first-order chi connectivity index (χ1) is 17.3. The molecule has 0 N–H and O–H groups in total. The molecule has 182 valence electrons. The maximum absolute atomic E-state index is 2.63. The summed E-state index contributed by atoms with van der Waals surface area (Å²) in [6.45, 7) is 2.36. The second-order valence-corrected chi connectivity index (χ2v) is 14.4. The third kappa shape index (κ3) is 4.42. The van der Waals surface area contributed by atoms with Gasteiger partial charge in [0.2, 0.25) is 0 Å². The van der Waals surface area contributed by atoms with E-state index in [0.717, 1.165) is 0 Å². The number of allylic oxidation sites excluding steroid dienone is 2. The molecule has 0 saturated heterocycles. The molecule has 2 aliphatic carbocycles. The molecule has 0 amide bonds. The average molecular weight is 573 g/mol. The van der Waals surface area contributed by atoms with Crippen molar-refractivity contribution < 1.29 is 44.0 Å². The van der Waals surface area contributed by atoms with Crippen LogP contribution in [-0.2, 0) is 19.2 Å². The molecule has 0 saturated carbocycles. The molecule has 2 bridgehead atoms. The molecule has 4 aromatic rings. The summed E-state index contributed by atoms with van der Waals surface area (Å²) in [4.78, 5) is 0. The van der Waals surface area contributed by atoms with Crippen molar-refractivity contribution in [1.29, 1.82) is 0 Å². The van der Waals surface area contributed by atoms with E-state index in [1.54, 1.807) is 21.7 Å². The Morgan fingerprint density at radius 3 is 2.22 bits per heavy atom. The molecule has 3 atom stereocenters. The van der Waals surface area contributed by atoms with Gasteiger partial charge in [-0.25, -0.2) is 0 Å². The fraction of sp³-hybridized carbons (Fsp3) is 0.152. The predicted molar refractivity (Wildman–Crippen MR) is 148 cm³/mol. The smallest absolute Gasteiger partial charge is 1.00 e. The van der Waals surface area contributed by atoms with E-state index < -0.39 is 0 Å². The number of rotatable bonds is 5. The largest absolute Gasteiger partial charge is 1.00 e. The first kappa shape index (κ1) is 26.7. The topological polar surface area (TPSA) is 0 Å². The standard InChI is InChI=1S/C18H16P.C15H11.2ClH.Ti/c1-2-10-19-14-11-13-6-5-8-15(17(13)12-14)16-7-3-4-9-18(16)19;1-2-6-12(7-3-1)14-10-4-8-13-9-5-11-15(13)14;;;/h3-9,11-12H,2,10H2,1H3;1-11H;2*1H;/q;;;;+2/p-2. The summed E-state index contributed by atoms with van der Waals surface area (Å²) in [7, 11) is -0.279. The van der Waals surface area contributed by atoms with Crippen molar-refractivity contribution in [2.75, 3.05) is 6.16 Å². The van der Waals surface area contributed by atoms with Crippen LogP contribution in [0.2, 0.25) is 0 Å². The quantitative estimate of drug-likeness (QED) is 0.255. The zero-order valence-corrected chi connectivity index (χ0v) is 24.6. The fourth-order valence-electron chi connectivity index (χ4n) is 6.11. The summed E-state index contributed by atoms with van der Waals surface area (Å²) in [5.74, 6) is 0. The first-order valence-electron chi connectivity index (χ1n) is 12.7. The minimum atomic E-state index is -0.313. The second kappa shape index (κ2) is 11.1. The average Bonchev–Trinajstić information content (AvgIpc) is 3.46. The van der Waals surface area contributed by atoms with Gasteiger partial charge in [0.1, 0.15) is 0 Å². The van der Waals surface area contributed by atoms with Crippen molar-refractivity contribution >= 4 is 25.4 Å². The Balaban J connectivity index is 0.00000140. The molecular weight excluding hydrogens is 546 g/mol. The van der Waals surface area contributed by atoms with Gasteiger partial charge in [-0.15, -0.1) is 0 Å². The Morgan fingerprint density at radius 2 is 1.41 bits per heavy atom. The summed E-state index contributed by atoms with van der Waals surface area (Å²) in [6, 6.07) is 34.2. The number of hydrogen-bond acceptors (Lipinski definition) is 0. The SMILES string of the molecule is CCCP1C2=Cc3c(cccc3[CH]2[Ti+2][CH]2C=Cc3c(-c4ccccc4)cccc32)-c2ccccc21.[Cl-].[Cl-]. The van der Waals surface area contributed by atoms with Gasteiger partial charge in [0.05, 0.1) is 0 Å².